The lowest BCUT2D eigenvalue weighted by atomic mass is 9.32. The van der Waals surface area contributed by atoms with Gasteiger partial charge in [0.05, 0.1) is 11.4 Å². The maximum Gasteiger partial charge on any atom is 0.252 e. The second-order valence-corrected chi connectivity index (χ2v) is 24.0. The normalized spacial score (nSPS) is 15.3. The highest BCUT2D eigenvalue weighted by Gasteiger charge is 2.48. The number of nitrogens with zero attached hydrogens (tertiary/aromatic N) is 2. The first kappa shape index (κ1) is 43.2. The van der Waals surface area contributed by atoms with Gasteiger partial charge in [0.1, 0.15) is 0 Å². The van der Waals surface area contributed by atoms with Gasteiger partial charge in [-0.1, -0.05) is 181 Å². The summed E-state index contributed by atoms with van der Waals surface area (Å²) in [6.45, 7) is 15.0. The van der Waals surface area contributed by atoms with Crippen molar-refractivity contribution in [3.63, 3.8) is 0 Å². The van der Waals surface area contributed by atoms with Crippen LogP contribution in [-0.4, -0.2) is 6.71 Å². The van der Waals surface area contributed by atoms with Crippen molar-refractivity contribution in [1.82, 2.24) is 0 Å². The topological polar surface area (TPSA) is 6.48 Å². The first-order valence-corrected chi connectivity index (χ1v) is 27.3. The number of benzene rings is 11. The molecule has 4 aliphatic rings. The molecule has 2 aliphatic carbocycles. The van der Waals surface area contributed by atoms with Crippen LogP contribution in [0.5, 0.6) is 0 Å². The summed E-state index contributed by atoms with van der Waals surface area (Å²) >= 11 is 0. The van der Waals surface area contributed by atoms with Crippen molar-refractivity contribution in [3.05, 3.63) is 197 Å². The smallest absolute Gasteiger partial charge is 0.252 e. The Bertz CT molecular complexity index is 3850. The molecule has 0 bridgehead atoms. The fourth-order valence-electron chi connectivity index (χ4n) is 15.1. The number of fused-ring (bicyclic) bond motifs is 18. The molecule has 0 N–H and O–H groups in total. The largest absolute Gasteiger partial charge is 0.310 e. The molecule has 0 fully saturated rings. The molecule has 0 unspecified atom stereocenters. The zero-order chi connectivity index (χ0) is 49.1. The predicted octanol–water partition coefficient (Wildman–Crippen LogP) is 17.0. The molecule has 2 aliphatic heterocycles. The fraction of sp³-hybridized carbons (Fsp3) is 0.229. The van der Waals surface area contributed by atoms with Gasteiger partial charge in [-0.15, -0.1) is 0 Å². The molecule has 2 heterocycles. The van der Waals surface area contributed by atoms with E-state index in [9.17, 15) is 0 Å². The Labute approximate surface area is 430 Å². The Morgan fingerprint density at radius 2 is 0.644 bits per heavy atom. The Balaban J connectivity index is 1.15. The molecule has 354 valence electrons. The van der Waals surface area contributed by atoms with E-state index in [1.54, 1.807) is 22.3 Å². The molecule has 0 amide bonds. The minimum atomic E-state index is -0.123. The second kappa shape index (κ2) is 15.6. The molecule has 0 aromatic heterocycles. The van der Waals surface area contributed by atoms with Gasteiger partial charge in [0.25, 0.3) is 6.71 Å². The highest BCUT2D eigenvalue weighted by atomic mass is 15.2. The molecule has 0 saturated heterocycles. The average Bonchev–Trinajstić information content (AvgIpc) is 3.43. The summed E-state index contributed by atoms with van der Waals surface area (Å²) in [5.41, 5.74) is 21.4. The van der Waals surface area contributed by atoms with Crippen LogP contribution < -0.4 is 26.2 Å². The molecular formula is C70H61BN2. The summed E-state index contributed by atoms with van der Waals surface area (Å²) in [6, 6.07) is 63.7. The van der Waals surface area contributed by atoms with Crippen molar-refractivity contribution in [1.29, 1.82) is 0 Å². The Morgan fingerprint density at radius 3 is 1.01 bits per heavy atom. The first-order valence-electron chi connectivity index (χ1n) is 27.3. The Morgan fingerprint density at radius 1 is 0.342 bits per heavy atom. The van der Waals surface area contributed by atoms with E-state index in [1.807, 2.05) is 0 Å². The van der Waals surface area contributed by atoms with Gasteiger partial charge in [0, 0.05) is 33.5 Å². The van der Waals surface area contributed by atoms with Gasteiger partial charge >= 0.3 is 0 Å². The van der Waals surface area contributed by atoms with Gasteiger partial charge in [0.2, 0.25) is 0 Å². The van der Waals surface area contributed by atoms with Crippen molar-refractivity contribution in [2.45, 2.75) is 104 Å². The molecule has 0 atom stereocenters. The van der Waals surface area contributed by atoms with Gasteiger partial charge in [-0.25, -0.2) is 0 Å². The predicted molar refractivity (Wildman–Crippen MR) is 316 cm³/mol. The highest BCUT2D eigenvalue weighted by molar-refractivity contribution is 7.00. The van der Waals surface area contributed by atoms with Gasteiger partial charge in [-0.3, -0.25) is 0 Å². The summed E-state index contributed by atoms with van der Waals surface area (Å²) in [6.07, 6.45) is 9.46. The fourth-order valence-corrected chi connectivity index (χ4v) is 15.1. The minimum absolute atomic E-state index is 0.0328. The summed E-state index contributed by atoms with van der Waals surface area (Å²) in [5.74, 6) is 0. The number of hydrogen-bond acceptors (Lipinski definition) is 2. The Kier molecular flexibility index (Phi) is 9.23. The van der Waals surface area contributed by atoms with Crippen LogP contribution in [0.1, 0.15) is 101 Å². The van der Waals surface area contributed by atoms with E-state index < -0.39 is 0 Å². The third-order valence-corrected chi connectivity index (χ3v) is 17.7. The number of anilines is 6. The molecule has 11 aromatic carbocycles. The van der Waals surface area contributed by atoms with Crippen LogP contribution in [0.2, 0.25) is 0 Å². The zero-order valence-electron chi connectivity index (χ0n) is 43.2. The van der Waals surface area contributed by atoms with Gasteiger partial charge in [-0.05, 0) is 190 Å². The number of hydrogen-bond donors (Lipinski definition) is 0. The van der Waals surface area contributed by atoms with Crippen molar-refractivity contribution in [3.8, 4) is 0 Å². The molecular weight excluding hydrogens is 880 g/mol. The van der Waals surface area contributed by atoms with Crippen molar-refractivity contribution >= 4 is 122 Å². The Hall–Kier alpha value is -7.36. The van der Waals surface area contributed by atoms with Crippen LogP contribution in [0.3, 0.4) is 0 Å². The van der Waals surface area contributed by atoms with Gasteiger partial charge in [0.15, 0.2) is 0 Å². The van der Waals surface area contributed by atoms with Crippen LogP contribution in [0.15, 0.2) is 164 Å². The standard InChI is InChI=1S/C70H61BN2/c1-69(2,3)64-44-24-9-7-22-42(44)40-56-67(64)72(58-36-19-34-54-50-28-13-11-26-46(50)48-30-15-17-32-52(48)62(54)58)60-38-21-39-61-66(60)71(56)57-41-43-23-8-10-25-45(43)65(70(4,5)6)68(57)73(61)59-37-20-35-55-51-29-14-12-27-47(51)49-31-16-18-33-53(49)63(55)59/h11-21,26-41H,7-10,22-25H2,1-6H3. The van der Waals surface area contributed by atoms with E-state index in [0.717, 1.165) is 25.7 Å². The summed E-state index contributed by atoms with van der Waals surface area (Å²) < 4.78 is 0. The number of aryl methyl sites for hydroxylation is 2. The summed E-state index contributed by atoms with van der Waals surface area (Å²) in [7, 11) is 0. The lowest BCUT2D eigenvalue weighted by molar-refractivity contribution is 0.569. The average molecular weight is 941 g/mol. The molecule has 73 heavy (non-hydrogen) atoms. The number of rotatable bonds is 2. The molecule has 0 saturated carbocycles. The van der Waals surface area contributed by atoms with Crippen LogP contribution in [0.25, 0.3) is 64.6 Å². The van der Waals surface area contributed by atoms with E-state index in [0.29, 0.717) is 0 Å². The third-order valence-electron chi connectivity index (χ3n) is 17.7. The van der Waals surface area contributed by atoms with E-state index in [-0.39, 0.29) is 17.5 Å². The van der Waals surface area contributed by atoms with Crippen LogP contribution in [-0.2, 0) is 36.5 Å². The SMILES string of the molecule is CC(C)(C)c1c2c(cc3c1N(c1cccc4c5ccccc5c5ccccc5c14)c1cccc4c1B3c1cc3c(c(C(C)(C)C)c1N4c1cccc4c5ccccc5c5ccccc5c14)CCCC3)CCCC2. The molecule has 2 nitrogen and oxygen atoms in total. The van der Waals surface area contributed by atoms with Crippen LogP contribution >= 0.6 is 0 Å². The summed E-state index contributed by atoms with van der Waals surface area (Å²) in [4.78, 5) is 5.59. The summed E-state index contributed by atoms with van der Waals surface area (Å²) in [5, 5.41) is 15.7. The van der Waals surface area contributed by atoms with Crippen LogP contribution in [0.4, 0.5) is 34.1 Å². The van der Waals surface area contributed by atoms with Crippen molar-refractivity contribution < 1.29 is 0 Å². The third kappa shape index (κ3) is 6.06. The molecule has 3 heteroatoms. The lowest BCUT2D eigenvalue weighted by Gasteiger charge is -2.49. The quantitative estimate of drug-likeness (QED) is 0.126. The maximum absolute atomic E-state index is 2.79. The monoisotopic (exact) mass is 940 g/mol. The highest BCUT2D eigenvalue weighted by Crippen LogP contribution is 2.55. The van der Waals surface area contributed by atoms with Crippen molar-refractivity contribution in [2.24, 2.45) is 0 Å². The molecule has 0 radical (unpaired) electrons. The minimum Gasteiger partial charge on any atom is -0.310 e. The van der Waals surface area contributed by atoms with Gasteiger partial charge in [-0.2, -0.15) is 0 Å². The van der Waals surface area contributed by atoms with E-state index in [4.69, 9.17) is 0 Å². The van der Waals surface area contributed by atoms with E-state index in [1.165, 1.54) is 152 Å². The first-order chi connectivity index (χ1) is 35.6. The van der Waals surface area contributed by atoms with Crippen LogP contribution in [0, 0.1) is 0 Å². The second-order valence-electron chi connectivity index (χ2n) is 24.0. The molecule has 15 rings (SSSR count). The van der Waals surface area contributed by atoms with Gasteiger partial charge < -0.3 is 9.80 Å². The lowest BCUT2D eigenvalue weighted by Crippen LogP contribution is -2.62. The van der Waals surface area contributed by atoms with E-state index in [2.05, 4.69) is 215 Å². The molecule has 0 spiro atoms. The molecule has 11 aromatic rings. The van der Waals surface area contributed by atoms with E-state index >= 15 is 0 Å². The maximum atomic E-state index is 2.79. The van der Waals surface area contributed by atoms with Crippen molar-refractivity contribution in [2.75, 3.05) is 9.80 Å². The zero-order valence-corrected chi connectivity index (χ0v) is 43.2.